The molecule has 86 valence electrons. The summed E-state index contributed by atoms with van der Waals surface area (Å²) in [5, 5.41) is 9.44. The van der Waals surface area contributed by atoms with Gasteiger partial charge >= 0.3 is 0 Å². The van der Waals surface area contributed by atoms with E-state index in [1.165, 1.54) is 11.3 Å². The SMILES string of the molecule is Oc1ccc2c(c1)CCN2Cc1ccccn1. The van der Waals surface area contributed by atoms with E-state index in [0.717, 1.165) is 25.2 Å². The van der Waals surface area contributed by atoms with Crippen molar-refractivity contribution in [2.75, 3.05) is 11.4 Å². The van der Waals surface area contributed by atoms with Gasteiger partial charge in [0.25, 0.3) is 0 Å². The van der Waals surface area contributed by atoms with E-state index in [1.54, 1.807) is 6.07 Å². The quantitative estimate of drug-likeness (QED) is 0.854. The maximum atomic E-state index is 9.44. The van der Waals surface area contributed by atoms with Gasteiger partial charge in [0, 0.05) is 18.4 Å². The van der Waals surface area contributed by atoms with Gasteiger partial charge < -0.3 is 10.0 Å². The molecular formula is C14H14N2O. The third-order valence-corrected chi connectivity index (χ3v) is 3.13. The Morgan fingerprint density at radius 2 is 2.18 bits per heavy atom. The fourth-order valence-electron chi connectivity index (χ4n) is 2.31. The molecule has 0 saturated heterocycles. The molecule has 1 aliphatic heterocycles. The number of aromatic nitrogens is 1. The van der Waals surface area contributed by atoms with Gasteiger partial charge in [-0.2, -0.15) is 0 Å². The lowest BCUT2D eigenvalue weighted by atomic mass is 10.1. The van der Waals surface area contributed by atoms with Crippen LogP contribution < -0.4 is 4.90 Å². The largest absolute Gasteiger partial charge is 0.508 e. The lowest BCUT2D eigenvalue weighted by Crippen LogP contribution is -2.20. The van der Waals surface area contributed by atoms with Crippen molar-refractivity contribution in [1.82, 2.24) is 4.98 Å². The molecular weight excluding hydrogens is 212 g/mol. The van der Waals surface area contributed by atoms with E-state index >= 15 is 0 Å². The third kappa shape index (κ3) is 1.96. The molecule has 1 aromatic heterocycles. The summed E-state index contributed by atoms with van der Waals surface area (Å²) in [6.07, 6.45) is 2.82. The van der Waals surface area contributed by atoms with Gasteiger partial charge in [-0.25, -0.2) is 0 Å². The highest BCUT2D eigenvalue weighted by molar-refractivity contribution is 5.60. The molecule has 0 radical (unpaired) electrons. The van der Waals surface area contributed by atoms with Crippen molar-refractivity contribution in [3.05, 3.63) is 53.9 Å². The Labute approximate surface area is 100 Å². The van der Waals surface area contributed by atoms with Gasteiger partial charge in [0.2, 0.25) is 0 Å². The Balaban J connectivity index is 1.85. The van der Waals surface area contributed by atoms with Crippen LogP contribution in [0.5, 0.6) is 5.75 Å². The van der Waals surface area contributed by atoms with Crippen LogP contribution in [0.15, 0.2) is 42.6 Å². The Hall–Kier alpha value is -2.03. The van der Waals surface area contributed by atoms with Crippen molar-refractivity contribution in [1.29, 1.82) is 0 Å². The standard InChI is InChI=1S/C14H14N2O/c17-13-4-5-14-11(9-13)6-8-16(14)10-12-3-1-2-7-15-12/h1-5,7,9,17H,6,8,10H2. The van der Waals surface area contributed by atoms with Crippen LogP contribution in [0, 0.1) is 0 Å². The first-order valence-electron chi connectivity index (χ1n) is 5.80. The third-order valence-electron chi connectivity index (χ3n) is 3.13. The molecule has 17 heavy (non-hydrogen) atoms. The van der Waals surface area contributed by atoms with Crippen LogP contribution in [0.25, 0.3) is 0 Å². The molecule has 1 N–H and O–H groups in total. The fraction of sp³-hybridized carbons (Fsp3) is 0.214. The fourth-order valence-corrected chi connectivity index (χ4v) is 2.31. The number of hydrogen-bond donors (Lipinski definition) is 1. The van der Waals surface area contributed by atoms with Crippen molar-refractivity contribution < 1.29 is 5.11 Å². The van der Waals surface area contributed by atoms with Gasteiger partial charge in [0.1, 0.15) is 5.75 Å². The minimum absolute atomic E-state index is 0.350. The molecule has 3 nitrogen and oxygen atoms in total. The summed E-state index contributed by atoms with van der Waals surface area (Å²) >= 11 is 0. The Kier molecular flexibility index (Phi) is 2.44. The topological polar surface area (TPSA) is 36.4 Å². The average molecular weight is 226 g/mol. The van der Waals surface area contributed by atoms with E-state index in [1.807, 2.05) is 36.5 Å². The first kappa shape index (κ1) is 10.1. The van der Waals surface area contributed by atoms with E-state index in [9.17, 15) is 5.11 Å². The highest BCUT2D eigenvalue weighted by Crippen LogP contribution is 2.31. The number of phenolic OH excluding ortho intramolecular Hbond substituents is 1. The number of aromatic hydroxyl groups is 1. The first-order valence-corrected chi connectivity index (χ1v) is 5.80. The number of hydrogen-bond acceptors (Lipinski definition) is 3. The summed E-state index contributed by atoms with van der Waals surface area (Å²) in [6, 6.07) is 11.6. The predicted octanol–water partition coefficient (Wildman–Crippen LogP) is 2.35. The number of fused-ring (bicyclic) bond motifs is 1. The molecule has 0 bridgehead atoms. The van der Waals surface area contributed by atoms with Crippen LogP contribution in [0.1, 0.15) is 11.3 Å². The zero-order valence-electron chi connectivity index (χ0n) is 9.50. The van der Waals surface area contributed by atoms with Gasteiger partial charge in [-0.3, -0.25) is 4.98 Å². The summed E-state index contributed by atoms with van der Waals surface area (Å²) in [6.45, 7) is 1.83. The summed E-state index contributed by atoms with van der Waals surface area (Å²) in [4.78, 5) is 6.64. The number of phenols is 1. The van der Waals surface area contributed by atoms with Crippen molar-refractivity contribution in [2.45, 2.75) is 13.0 Å². The second-order valence-corrected chi connectivity index (χ2v) is 4.31. The van der Waals surface area contributed by atoms with Crippen LogP contribution in [0.2, 0.25) is 0 Å². The van der Waals surface area contributed by atoms with Crippen molar-refractivity contribution in [3.8, 4) is 5.75 Å². The molecule has 3 rings (SSSR count). The number of nitrogens with zero attached hydrogens (tertiary/aromatic N) is 2. The second-order valence-electron chi connectivity index (χ2n) is 4.31. The van der Waals surface area contributed by atoms with Gasteiger partial charge in [-0.15, -0.1) is 0 Å². The van der Waals surface area contributed by atoms with E-state index in [4.69, 9.17) is 0 Å². The monoisotopic (exact) mass is 226 g/mol. The maximum absolute atomic E-state index is 9.44. The molecule has 0 atom stereocenters. The number of anilines is 1. The van der Waals surface area contributed by atoms with E-state index < -0.39 is 0 Å². The normalized spacial score (nSPS) is 13.8. The molecule has 2 heterocycles. The van der Waals surface area contributed by atoms with E-state index in [0.29, 0.717) is 5.75 Å². The lowest BCUT2D eigenvalue weighted by molar-refractivity contribution is 0.475. The maximum Gasteiger partial charge on any atom is 0.116 e. The average Bonchev–Trinajstić information content (AvgIpc) is 2.73. The molecule has 0 unspecified atom stereocenters. The Morgan fingerprint density at radius 3 is 3.00 bits per heavy atom. The van der Waals surface area contributed by atoms with Crippen LogP contribution in [-0.4, -0.2) is 16.6 Å². The summed E-state index contributed by atoms with van der Waals surface area (Å²) in [5.41, 5.74) is 3.52. The minimum atomic E-state index is 0.350. The predicted molar refractivity (Wildman–Crippen MR) is 67.1 cm³/mol. The molecule has 0 amide bonds. The molecule has 0 saturated carbocycles. The number of benzene rings is 1. The van der Waals surface area contributed by atoms with Gasteiger partial charge in [0.15, 0.2) is 0 Å². The van der Waals surface area contributed by atoms with Crippen molar-refractivity contribution in [2.24, 2.45) is 0 Å². The molecule has 0 fully saturated rings. The number of rotatable bonds is 2. The van der Waals surface area contributed by atoms with E-state index in [2.05, 4.69) is 9.88 Å². The van der Waals surface area contributed by atoms with E-state index in [-0.39, 0.29) is 0 Å². The van der Waals surface area contributed by atoms with Crippen LogP contribution in [0.4, 0.5) is 5.69 Å². The molecule has 3 heteroatoms. The van der Waals surface area contributed by atoms with Crippen LogP contribution in [-0.2, 0) is 13.0 Å². The summed E-state index contributed by atoms with van der Waals surface area (Å²) < 4.78 is 0. The zero-order valence-corrected chi connectivity index (χ0v) is 9.50. The summed E-state index contributed by atoms with van der Waals surface area (Å²) in [5.74, 6) is 0.350. The van der Waals surface area contributed by atoms with Crippen molar-refractivity contribution >= 4 is 5.69 Å². The molecule has 0 spiro atoms. The smallest absolute Gasteiger partial charge is 0.116 e. The summed E-state index contributed by atoms with van der Waals surface area (Å²) in [7, 11) is 0. The lowest BCUT2D eigenvalue weighted by Gasteiger charge is -2.18. The molecule has 1 aliphatic rings. The van der Waals surface area contributed by atoms with Crippen LogP contribution >= 0.6 is 0 Å². The Morgan fingerprint density at radius 1 is 1.24 bits per heavy atom. The highest BCUT2D eigenvalue weighted by atomic mass is 16.3. The molecule has 1 aromatic carbocycles. The van der Waals surface area contributed by atoms with Crippen LogP contribution in [0.3, 0.4) is 0 Å². The van der Waals surface area contributed by atoms with Crippen molar-refractivity contribution in [3.63, 3.8) is 0 Å². The molecule has 2 aromatic rings. The highest BCUT2D eigenvalue weighted by Gasteiger charge is 2.19. The first-order chi connectivity index (χ1) is 8.33. The van der Waals surface area contributed by atoms with Gasteiger partial charge in [-0.05, 0) is 42.3 Å². The zero-order chi connectivity index (χ0) is 11.7. The number of pyridine rings is 1. The Bertz CT molecular complexity index is 525. The van der Waals surface area contributed by atoms with Gasteiger partial charge in [-0.1, -0.05) is 6.07 Å². The second kappa shape index (κ2) is 4.09. The minimum Gasteiger partial charge on any atom is -0.508 e. The molecule has 0 aliphatic carbocycles. The van der Waals surface area contributed by atoms with Gasteiger partial charge in [0.05, 0.1) is 12.2 Å².